The van der Waals surface area contributed by atoms with Crippen LogP contribution in [-0.2, 0) is 0 Å². The zero-order chi connectivity index (χ0) is 14.9. The third-order valence-corrected chi connectivity index (χ3v) is 4.16. The summed E-state index contributed by atoms with van der Waals surface area (Å²) in [4.78, 5) is 8.54. The molecule has 0 saturated heterocycles. The van der Waals surface area contributed by atoms with Gasteiger partial charge in [-0.3, -0.25) is 0 Å². The van der Waals surface area contributed by atoms with Gasteiger partial charge >= 0.3 is 0 Å². The molecule has 3 aromatic rings. The van der Waals surface area contributed by atoms with E-state index in [0.717, 1.165) is 22.2 Å². The van der Waals surface area contributed by atoms with Gasteiger partial charge in [-0.25, -0.2) is 4.98 Å². The molecule has 1 aliphatic rings. The summed E-state index contributed by atoms with van der Waals surface area (Å²) in [6.07, 6.45) is 5.42. The van der Waals surface area contributed by atoms with Crippen molar-refractivity contribution in [1.82, 2.24) is 9.97 Å². The van der Waals surface area contributed by atoms with Crippen molar-refractivity contribution in [3.05, 3.63) is 36.6 Å². The maximum atomic E-state index is 5.91. The van der Waals surface area contributed by atoms with Crippen molar-refractivity contribution in [3.8, 4) is 17.2 Å². The normalized spacial score (nSPS) is 14.9. The Morgan fingerprint density at radius 2 is 2.14 bits per heavy atom. The molecule has 1 aliphatic carbocycles. The molecule has 4 rings (SSSR count). The summed E-state index contributed by atoms with van der Waals surface area (Å²) in [6.45, 7) is 0.691. The molecule has 0 amide bonds. The Bertz CT molecular complexity index is 795. The number of fused-ring (bicyclic) bond motifs is 1. The van der Waals surface area contributed by atoms with Crippen LogP contribution in [0.4, 0.5) is 5.95 Å². The van der Waals surface area contributed by atoms with Crippen molar-refractivity contribution in [2.75, 3.05) is 12.3 Å². The molecule has 5 heteroatoms. The van der Waals surface area contributed by atoms with Gasteiger partial charge in [0.05, 0.1) is 23.8 Å². The van der Waals surface area contributed by atoms with Crippen LogP contribution in [0.1, 0.15) is 19.3 Å². The second kappa shape index (κ2) is 5.33. The molecule has 1 aromatic carbocycles. The topological polar surface area (TPSA) is 74.2 Å². The number of nitrogens with two attached hydrogens (primary N) is 1. The van der Waals surface area contributed by atoms with Gasteiger partial charge in [-0.05, 0) is 49.1 Å². The van der Waals surface area contributed by atoms with Crippen LogP contribution in [0.3, 0.4) is 0 Å². The first-order chi connectivity index (χ1) is 10.8. The molecule has 0 unspecified atom stereocenters. The third kappa shape index (κ3) is 2.39. The van der Waals surface area contributed by atoms with Crippen LogP contribution >= 0.6 is 0 Å². The summed E-state index contributed by atoms with van der Waals surface area (Å²) in [5.74, 6) is 2.24. The molecule has 0 radical (unpaired) electrons. The Balaban J connectivity index is 1.73. The number of benzene rings is 1. The summed E-state index contributed by atoms with van der Waals surface area (Å²) in [6, 6.07) is 9.66. The van der Waals surface area contributed by atoms with Gasteiger partial charge in [-0.2, -0.15) is 4.98 Å². The minimum Gasteiger partial charge on any atom is -0.477 e. The fourth-order valence-corrected chi connectivity index (χ4v) is 2.68. The molecular formula is C17H17N3O2. The number of furan rings is 1. The second-order valence-corrected chi connectivity index (χ2v) is 5.70. The first kappa shape index (κ1) is 13.1. The van der Waals surface area contributed by atoms with E-state index in [0.29, 0.717) is 18.4 Å². The van der Waals surface area contributed by atoms with Crippen LogP contribution in [0.2, 0.25) is 0 Å². The summed E-state index contributed by atoms with van der Waals surface area (Å²) in [5, 5.41) is 0.863. The van der Waals surface area contributed by atoms with Gasteiger partial charge in [0.2, 0.25) is 11.8 Å². The highest BCUT2D eigenvalue weighted by Crippen LogP contribution is 2.31. The smallest absolute Gasteiger partial charge is 0.226 e. The van der Waals surface area contributed by atoms with Crippen molar-refractivity contribution in [2.45, 2.75) is 19.3 Å². The van der Waals surface area contributed by atoms with Gasteiger partial charge in [0, 0.05) is 5.56 Å². The summed E-state index contributed by atoms with van der Waals surface area (Å²) in [5.41, 5.74) is 7.54. The number of nitrogens with zero attached hydrogens (tertiary/aromatic N) is 2. The SMILES string of the molecule is Nc1nc(OCC2CCC2)c2cc(-c3ccco3)ccc2n1. The van der Waals surface area contributed by atoms with E-state index >= 15 is 0 Å². The molecular weight excluding hydrogens is 278 g/mol. The van der Waals surface area contributed by atoms with E-state index in [4.69, 9.17) is 14.9 Å². The molecule has 2 heterocycles. The highest BCUT2D eigenvalue weighted by molar-refractivity contribution is 5.88. The summed E-state index contributed by atoms with van der Waals surface area (Å²) >= 11 is 0. The van der Waals surface area contributed by atoms with Crippen LogP contribution in [-0.4, -0.2) is 16.6 Å². The maximum absolute atomic E-state index is 5.91. The van der Waals surface area contributed by atoms with Gasteiger partial charge in [0.25, 0.3) is 0 Å². The van der Waals surface area contributed by atoms with E-state index in [1.54, 1.807) is 6.26 Å². The average molecular weight is 295 g/mol. The van der Waals surface area contributed by atoms with E-state index in [-0.39, 0.29) is 5.95 Å². The van der Waals surface area contributed by atoms with Crippen molar-refractivity contribution >= 4 is 16.9 Å². The molecule has 5 nitrogen and oxygen atoms in total. The Labute approximate surface area is 128 Å². The standard InChI is InChI=1S/C17H17N3O2/c18-17-19-14-7-6-12(15-5-2-8-21-15)9-13(14)16(20-17)22-10-11-3-1-4-11/h2,5-9,11H,1,3-4,10H2,(H2,18,19,20). The third-order valence-electron chi connectivity index (χ3n) is 4.16. The lowest BCUT2D eigenvalue weighted by molar-refractivity contribution is 0.177. The van der Waals surface area contributed by atoms with Crippen LogP contribution in [0.25, 0.3) is 22.2 Å². The highest BCUT2D eigenvalue weighted by Gasteiger charge is 2.19. The molecule has 2 aromatic heterocycles. The van der Waals surface area contributed by atoms with Gasteiger partial charge in [0.1, 0.15) is 5.76 Å². The molecule has 0 spiro atoms. The first-order valence-corrected chi connectivity index (χ1v) is 7.53. The largest absolute Gasteiger partial charge is 0.477 e. The van der Waals surface area contributed by atoms with E-state index in [2.05, 4.69) is 9.97 Å². The molecule has 0 bridgehead atoms. The molecule has 22 heavy (non-hydrogen) atoms. The van der Waals surface area contributed by atoms with Crippen LogP contribution in [0, 0.1) is 5.92 Å². The lowest BCUT2D eigenvalue weighted by atomic mass is 9.86. The molecule has 1 saturated carbocycles. The number of hydrogen-bond donors (Lipinski definition) is 1. The number of aromatic nitrogens is 2. The van der Waals surface area contributed by atoms with Crippen molar-refractivity contribution in [2.24, 2.45) is 5.92 Å². The number of rotatable bonds is 4. The minimum atomic E-state index is 0.238. The lowest BCUT2D eigenvalue weighted by Crippen LogP contribution is -2.19. The second-order valence-electron chi connectivity index (χ2n) is 5.70. The predicted molar refractivity (Wildman–Crippen MR) is 84.5 cm³/mol. The van der Waals surface area contributed by atoms with Crippen LogP contribution in [0.15, 0.2) is 41.0 Å². The number of anilines is 1. The molecule has 0 atom stereocenters. The van der Waals surface area contributed by atoms with Crippen LogP contribution < -0.4 is 10.5 Å². The van der Waals surface area contributed by atoms with E-state index in [9.17, 15) is 0 Å². The number of hydrogen-bond acceptors (Lipinski definition) is 5. The van der Waals surface area contributed by atoms with Gasteiger partial charge < -0.3 is 14.9 Å². The van der Waals surface area contributed by atoms with Gasteiger partial charge in [-0.15, -0.1) is 0 Å². The first-order valence-electron chi connectivity index (χ1n) is 7.53. The Morgan fingerprint density at radius 1 is 1.23 bits per heavy atom. The fraction of sp³-hybridized carbons (Fsp3) is 0.294. The predicted octanol–water partition coefficient (Wildman–Crippen LogP) is 3.65. The Kier molecular flexibility index (Phi) is 3.18. The highest BCUT2D eigenvalue weighted by atomic mass is 16.5. The fourth-order valence-electron chi connectivity index (χ4n) is 2.68. The summed E-state index contributed by atoms with van der Waals surface area (Å²) < 4.78 is 11.4. The zero-order valence-corrected chi connectivity index (χ0v) is 12.2. The van der Waals surface area contributed by atoms with E-state index in [1.807, 2.05) is 30.3 Å². The zero-order valence-electron chi connectivity index (χ0n) is 12.2. The Morgan fingerprint density at radius 3 is 2.86 bits per heavy atom. The summed E-state index contributed by atoms with van der Waals surface area (Å²) in [7, 11) is 0. The maximum Gasteiger partial charge on any atom is 0.226 e. The molecule has 112 valence electrons. The molecule has 1 fully saturated rings. The molecule has 0 aliphatic heterocycles. The molecule has 2 N–H and O–H groups in total. The van der Waals surface area contributed by atoms with Crippen molar-refractivity contribution in [3.63, 3.8) is 0 Å². The van der Waals surface area contributed by atoms with Crippen LogP contribution in [0.5, 0.6) is 5.88 Å². The van der Waals surface area contributed by atoms with Gasteiger partial charge in [-0.1, -0.05) is 6.42 Å². The average Bonchev–Trinajstić information content (AvgIpc) is 2.99. The Hall–Kier alpha value is -2.56. The number of ether oxygens (including phenoxy) is 1. The lowest BCUT2D eigenvalue weighted by Gasteiger charge is -2.25. The van der Waals surface area contributed by atoms with E-state index < -0.39 is 0 Å². The number of nitrogen functional groups attached to an aromatic ring is 1. The monoisotopic (exact) mass is 295 g/mol. The van der Waals surface area contributed by atoms with Crippen molar-refractivity contribution < 1.29 is 9.15 Å². The van der Waals surface area contributed by atoms with Gasteiger partial charge in [0.15, 0.2) is 0 Å². The van der Waals surface area contributed by atoms with Crippen molar-refractivity contribution in [1.29, 1.82) is 0 Å². The quantitative estimate of drug-likeness (QED) is 0.795. The van der Waals surface area contributed by atoms with E-state index in [1.165, 1.54) is 19.3 Å². The minimum absolute atomic E-state index is 0.238.